The first-order valence-corrected chi connectivity index (χ1v) is 9.31. The lowest BCUT2D eigenvalue weighted by Crippen LogP contribution is -2.29. The van der Waals surface area contributed by atoms with Crippen LogP contribution in [0.15, 0.2) is 54.9 Å². The second-order valence-corrected chi connectivity index (χ2v) is 7.32. The van der Waals surface area contributed by atoms with E-state index >= 15 is 0 Å². The number of anilines is 1. The van der Waals surface area contributed by atoms with Gasteiger partial charge in [0.2, 0.25) is 0 Å². The van der Waals surface area contributed by atoms with Crippen molar-refractivity contribution in [3.63, 3.8) is 0 Å². The number of hydrogen-bond acceptors (Lipinski definition) is 4. The van der Waals surface area contributed by atoms with Crippen molar-refractivity contribution in [3.05, 3.63) is 81.6 Å². The standard InChI is InChI=1S/C20H16FN3O2S/c21-15-5-1-3-13(9-15)11-23-19(25)18-10-16-17(27-18)6-8-24(16)20(26)14-4-2-7-22-12-14/h1-5,7,9-10,12H,6,8,11H2,(H,23,25). The Kier molecular flexibility index (Phi) is 4.68. The molecule has 2 aromatic heterocycles. The van der Waals surface area contributed by atoms with E-state index in [0.29, 0.717) is 22.5 Å². The van der Waals surface area contributed by atoms with Gasteiger partial charge < -0.3 is 10.2 Å². The Labute approximate surface area is 159 Å². The highest BCUT2D eigenvalue weighted by molar-refractivity contribution is 7.14. The van der Waals surface area contributed by atoms with Gasteiger partial charge in [-0.15, -0.1) is 11.3 Å². The molecule has 0 bridgehead atoms. The van der Waals surface area contributed by atoms with Crippen LogP contribution in [0.25, 0.3) is 0 Å². The molecule has 0 saturated carbocycles. The summed E-state index contributed by atoms with van der Waals surface area (Å²) in [7, 11) is 0. The van der Waals surface area contributed by atoms with E-state index in [1.54, 1.807) is 47.6 Å². The van der Waals surface area contributed by atoms with E-state index in [-0.39, 0.29) is 24.2 Å². The van der Waals surface area contributed by atoms with Gasteiger partial charge in [0.25, 0.3) is 11.8 Å². The summed E-state index contributed by atoms with van der Waals surface area (Å²) in [6, 6.07) is 11.3. The maximum Gasteiger partial charge on any atom is 0.261 e. The molecule has 5 nitrogen and oxygen atoms in total. The Morgan fingerprint density at radius 2 is 2.11 bits per heavy atom. The van der Waals surface area contributed by atoms with Gasteiger partial charge in [-0.2, -0.15) is 0 Å². The van der Waals surface area contributed by atoms with Crippen LogP contribution in [-0.2, 0) is 13.0 Å². The van der Waals surface area contributed by atoms with Gasteiger partial charge in [0.05, 0.1) is 16.1 Å². The Hall–Kier alpha value is -3.06. The van der Waals surface area contributed by atoms with E-state index in [2.05, 4.69) is 10.3 Å². The summed E-state index contributed by atoms with van der Waals surface area (Å²) >= 11 is 1.39. The molecule has 0 aliphatic carbocycles. The fraction of sp³-hybridized carbons (Fsp3) is 0.150. The maximum absolute atomic E-state index is 13.2. The number of aromatic nitrogens is 1. The average molecular weight is 381 g/mol. The third kappa shape index (κ3) is 3.59. The minimum Gasteiger partial charge on any atom is -0.347 e. The van der Waals surface area contributed by atoms with E-state index in [1.807, 2.05) is 0 Å². The molecule has 1 aromatic carbocycles. The van der Waals surface area contributed by atoms with Crippen molar-refractivity contribution >= 4 is 28.8 Å². The summed E-state index contributed by atoms with van der Waals surface area (Å²) in [5.41, 5.74) is 2.00. The molecular weight excluding hydrogens is 365 g/mol. The molecule has 4 rings (SSSR count). The third-order valence-electron chi connectivity index (χ3n) is 4.36. The van der Waals surface area contributed by atoms with Crippen molar-refractivity contribution < 1.29 is 14.0 Å². The van der Waals surface area contributed by atoms with Crippen molar-refractivity contribution in [2.45, 2.75) is 13.0 Å². The largest absolute Gasteiger partial charge is 0.347 e. The number of nitrogens with zero attached hydrogens (tertiary/aromatic N) is 2. The molecule has 3 aromatic rings. The molecule has 0 radical (unpaired) electrons. The van der Waals surface area contributed by atoms with Crippen molar-refractivity contribution in [2.75, 3.05) is 11.4 Å². The molecule has 136 valence electrons. The lowest BCUT2D eigenvalue weighted by Gasteiger charge is -2.15. The molecule has 1 N–H and O–H groups in total. The molecule has 3 heterocycles. The number of benzene rings is 1. The van der Waals surface area contributed by atoms with Crippen LogP contribution >= 0.6 is 11.3 Å². The Morgan fingerprint density at radius 1 is 1.22 bits per heavy atom. The summed E-state index contributed by atoms with van der Waals surface area (Å²) < 4.78 is 13.2. The minimum atomic E-state index is -0.332. The van der Waals surface area contributed by atoms with Gasteiger partial charge in [0.15, 0.2) is 0 Å². The summed E-state index contributed by atoms with van der Waals surface area (Å²) in [6.45, 7) is 0.845. The van der Waals surface area contributed by atoms with Crippen LogP contribution in [0, 0.1) is 5.82 Å². The van der Waals surface area contributed by atoms with E-state index in [1.165, 1.54) is 23.5 Å². The van der Waals surface area contributed by atoms with Gasteiger partial charge in [-0.1, -0.05) is 12.1 Å². The smallest absolute Gasteiger partial charge is 0.261 e. The lowest BCUT2D eigenvalue weighted by molar-refractivity contribution is 0.0952. The molecular formula is C20H16FN3O2S. The Balaban J connectivity index is 1.47. The fourth-order valence-corrected chi connectivity index (χ4v) is 4.11. The van der Waals surface area contributed by atoms with E-state index in [0.717, 1.165) is 17.0 Å². The highest BCUT2D eigenvalue weighted by Crippen LogP contribution is 2.36. The number of thiophene rings is 1. The normalized spacial score (nSPS) is 12.7. The molecule has 7 heteroatoms. The molecule has 0 fully saturated rings. The quantitative estimate of drug-likeness (QED) is 0.753. The molecule has 27 heavy (non-hydrogen) atoms. The monoisotopic (exact) mass is 381 g/mol. The van der Waals surface area contributed by atoms with Crippen LogP contribution in [0.2, 0.25) is 0 Å². The van der Waals surface area contributed by atoms with Crippen LogP contribution in [0.3, 0.4) is 0 Å². The zero-order chi connectivity index (χ0) is 18.8. The van der Waals surface area contributed by atoms with E-state index < -0.39 is 0 Å². The number of amides is 2. The molecule has 1 aliphatic rings. The number of halogens is 1. The van der Waals surface area contributed by atoms with Crippen molar-refractivity contribution in [1.82, 2.24) is 10.3 Å². The van der Waals surface area contributed by atoms with Crippen molar-refractivity contribution in [3.8, 4) is 0 Å². The highest BCUT2D eigenvalue weighted by atomic mass is 32.1. The van der Waals surface area contributed by atoms with Gasteiger partial charge in [-0.3, -0.25) is 14.6 Å². The van der Waals surface area contributed by atoms with Crippen molar-refractivity contribution in [1.29, 1.82) is 0 Å². The maximum atomic E-state index is 13.2. The van der Waals surface area contributed by atoms with Crippen LogP contribution in [0.5, 0.6) is 0 Å². The number of nitrogens with one attached hydrogen (secondary N) is 1. The van der Waals surface area contributed by atoms with Gasteiger partial charge in [-0.25, -0.2) is 4.39 Å². The number of rotatable bonds is 4. The highest BCUT2D eigenvalue weighted by Gasteiger charge is 2.29. The predicted molar refractivity (Wildman–Crippen MR) is 102 cm³/mol. The van der Waals surface area contributed by atoms with Crippen LogP contribution in [-0.4, -0.2) is 23.3 Å². The van der Waals surface area contributed by atoms with Gasteiger partial charge in [0, 0.05) is 36.8 Å². The minimum absolute atomic E-state index is 0.119. The molecule has 0 saturated heterocycles. The Bertz CT molecular complexity index is 1000. The van der Waals surface area contributed by atoms with E-state index in [4.69, 9.17) is 0 Å². The predicted octanol–water partition coefficient (Wildman–Crippen LogP) is 3.42. The summed E-state index contributed by atoms with van der Waals surface area (Å²) in [6.07, 6.45) is 3.89. The number of fused-ring (bicyclic) bond motifs is 1. The summed E-state index contributed by atoms with van der Waals surface area (Å²) in [5.74, 6) is -0.680. The van der Waals surface area contributed by atoms with E-state index in [9.17, 15) is 14.0 Å². The van der Waals surface area contributed by atoms with Crippen LogP contribution in [0.1, 0.15) is 30.5 Å². The summed E-state index contributed by atoms with van der Waals surface area (Å²) in [4.78, 5) is 32.4. The number of hydrogen-bond donors (Lipinski definition) is 1. The SMILES string of the molecule is O=C(NCc1cccc(F)c1)c1cc2c(s1)CCN2C(=O)c1cccnc1. The van der Waals surface area contributed by atoms with Gasteiger partial charge >= 0.3 is 0 Å². The average Bonchev–Trinajstić information content (AvgIpc) is 3.27. The first-order chi connectivity index (χ1) is 13.1. The van der Waals surface area contributed by atoms with Crippen molar-refractivity contribution in [2.24, 2.45) is 0 Å². The topological polar surface area (TPSA) is 62.3 Å². The zero-order valence-electron chi connectivity index (χ0n) is 14.3. The fourth-order valence-electron chi connectivity index (χ4n) is 3.04. The zero-order valence-corrected chi connectivity index (χ0v) is 15.1. The second-order valence-electron chi connectivity index (χ2n) is 6.18. The Morgan fingerprint density at radius 3 is 2.89 bits per heavy atom. The number of pyridine rings is 1. The molecule has 0 atom stereocenters. The van der Waals surface area contributed by atoms with Crippen LogP contribution < -0.4 is 10.2 Å². The third-order valence-corrected chi connectivity index (χ3v) is 5.54. The first kappa shape index (κ1) is 17.4. The molecule has 0 unspecified atom stereocenters. The molecule has 0 spiro atoms. The second kappa shape index (κ2) is 7.28. The first-order valence-electron chi connectivity index (χ1n) is 8.49. The number of carbonyl (C=O) groups excluding carboxylic acids is 2. The van der Waals surface area contributed by atoms with Crippen LogP contribution in [0.4, 0.5) is 10.1 Å². The van der Waals surface area contributed by atoms with Gasteiger partial charge in [0.1, 0.15) is 5.82 Å². The summed E-state index contributed by atoms with van der Waals surface area (Å²) in [5, 5.41) is 2.80. The molecule has 1 aliphatic heterocycles. The van der Waals surface area contributed by atoms with Gasteiger partial charge in [-0.05, 0) is 35.9 Å². The molecule has 2 amide bonds. The lowest BCUT2D eigenvalue weighted by atomic mass is 10.2. The number of carbonyl (C=O) groups is 2.